The molecule has 0 saturated carbocycles. The summed E-state index contributed by atoms with van der Waals surface area (Å²) in [6.45, 7) is 2.96. The van der Waals surface area contributed by atoms with Crippen molar-refractivity contribution in [1.82, 2.24) is 9.78 Å². The molecule has 2 aromatic carbocycles. The van der Waals surface area contributed by atoms with Crippen LogP contribution in [0.15, 0.2) is 65.5 Å². The van der Waals surface area contributed by atoms with Crippen molar-refractivity contribution in [2.45, 2.75) is 32.4 Å². The molecule has 1 fully saturated rings. The maximum Gasteiger partial charge on any atom is 0.267 e. The van der Waals surface area contributed by atoms with Gasteiger partial charge in [0.15, 0.2) is 0 Å². The van der Waals surface area contributed by atoms with Gasteiger partial charge in [0.25, 0.3) is 5.56 Å². The summed E-state index contributed by atoms with van der Waals surface area (Å²) >= 11 is 0. The van der Waals surface area contributed by atoms with E-state index in [0.717, 1.165) is 30.6 Å². The first-order valence-electron chi connectivity index (χ1n) is 10.4. The second kappa shape index (κ2) is 9.57. The number of hydrogen-bond acceptors (Lipinski definition) is 5. The van der Waals surface area contributed by atoms with Gasteiger partial charge in [0.05, 0.1) is 17.5 Å². The molecule has 0 bridgehead atoms. The Balaban J connectivity index is 1.47. The molecule has 31 heavy (non-hydrogen) atoms. The van der Waals surface area contributed by atoms with Gasteiger partial charge in [-0.15, -0.1) is 0 Å². The predicted molar refractivity (Wildman–Crippen MR) is 118 cm³/mol. The predicted octanol–water partition coefficient (Wildman–Crippen LogP) is 3.42. The summed E-state index contributed by atoms with van der Waals surface area (Å²) in [5.41, 5.74) is 2.74. The third-order valence-electron chi connectivity index (χ3n) is 5.09. The lowest BCUT2D eigenvalue weighted by atomic mass is 10.1. The van der Waals surface area contributed by atoms with Gasteiger partial charge in [0.2, 0.25) is 5.91 Å². The van der Waals surface area contributed by atoms with E-state index in [1.165, 1.54) is 10.7 Å². The van der Waals surface area contributed by atoms with Crippen LogP contribution in [0.2, 0.25) is 0 Å². The molecular weight excluding hydrogens is 394 g/mol. The molecule has 1 aromatic heterocycles. The van der Waals surface area contributed by atoms with Gasteiger partial charge in [0.1, 0.15) is 18.9 Å². The van der Waals surface area contributed by atoms with Crippen LogP contribution in [0.4, 0.5) is 5.69 Å². The van der Waals surface area contributed by atoms with Gasteiger partial charge in [-0.05, 0) is 43.5 Å². The van der Waals surface area contributed by atoms with E-state index in [-0.39, 0.29) is 24.1 Å². The minimum absolute atomic E-state index is 0.0765. The number of carbonyl (C=O) groups excluding carboxylic acids is 1. The van der Waals surface area contributed by atoms with E-state index in [9.17, 15) is 9.59 Å². The molecule has 160 valence electrons. The van der Waals surface area contributed by atoms with Crippen LogP contribution in [0.3, 0.4) is 0 Å². The number of amides is 1. The van der Waals surface area contributed by atoms with Crippen molar-refractivity contribution in [2.24, 2.45) is 0 Å². The molecule has 2 heterocycles. The molecule has 3 aromatic rings. The Morgan fingerprint density at radius 3 is 2.81 bits per heavy atom. The summed E-state index contributed by atoms with van der Waals surface area (Å²) in [4.78, 5) is 24.9. The lowest BCUT2D eigenvalue weighted by molar-refractivity contribution is -0.117. The van der Waals surface area contributed by atoms with Crippen molar-refractivity contribution in [1.29, 1.82) is 0 Å². The van der Waals surface area contributed by atoms with Crippen LogP contribution >= 0.6 is 0 Å². The molecule has 1 unspecified atom stereocenters. The van der Waals surface area contributed by atoms with Crippen molar-refractivity contribution in [3.05, 3.63) is 76.6 Å². The lowest BCUT2D eigenvalue weighted by Crippen LogP contribution is -2.29. The molecule has 4 rings (SSSR count). The summed E-state index contributed by atoms with van der Waals surface area (Å²) in [6.07, 6.45) is 2.09. The van der Waals surface area contributed by atoms with Gasteiger partial charge in [0, 0.05) is 18.2 Å². The highest BCUT2D eigenvalue weighted by Gasteiger charge is 2.18. The zero-order valence-corrected chi connectivity index (χ0v) is 17.4. The van der Waals surface area contributed by atoms with Gasteiger partial charge >= 0.3 is 0 Å². The monoisotopic (exact) mass is 419 g/mol. The molecule has 0 aliphatic carbocycles. The van der Waals surface area contributed by atoms with Crippen LogP contribution in [0.5, 0.6) is 5.75 Å². The Morgan fingerprint density at radius 1 is 1.19 bits per heavy atom. The van der Waals surface area contributed by atoms with E-state index in [2.05, 4.69) is 10.4 Å². The Morgan fingerprint density at radius 2 is 2.03 bits per heavy atom. The number of ether oxygens (including phenoxy) is 2. The van der Waals surface area contributed by atoms with Crippen LogP contribution in [0.1, 0.15) is 18.4 Å². The molecular formula is C24H25N3O4. The van der Waals surface area contributed by atoms with Crippen LogP contribution in [0, 0.1) is 6.92 Å². The fraction of sp³-hybridized carbons (Fsp3) is 0.292. The molecule has 0 spiro atoms. The summed E-state index contributed by atoms with van der Waals surface area (Å²) in [6, 6.07) is 18.2. The average Bonchev–Trinajstić information content (AvgIpc) is 3.30. The van der Waals surface area contributed by atoms with E-state index in [0.29, 0.717) is 23.7 Å². The number of aryl methyl sites for hydroxylation is 1. The van der Waals surface area contributed by atoms with E-state index in [1.54, 1.807) is 12.1 Å². The van der Waals surface area contributed by atoms with Gasteiger partial charge in [-0.25, -0.2) is 4.68 Å². The maximum atomic E-state index is 12.7. The SMILES string of the molecule is Cc1ccc(NC(=O)Cn2nc(-c3ccccc3)ccc2=O)c(OCC2CCCO2)c1. The second-order valence-electron chi connectivity index (χ2n) is 7.57. The number of hydrogen-bond donors (Lipinski definition) is 1. The molecule has 7 nitrogen and oxygen atoms in total. The largest absolute Gasteiger partial charge is 0.489 e. The number of carbonyl (C=O) groups is 1. The second-order valence-corrected chi connectivity index (χ2v) is 7.57. The van der Waals surface area contributed by atoms with Crippen molar-refractivity contribution >= 4 is 11.6 Å². The van der Waals surface area contributed by atoms with Crippen LogP contribution in [0.25, 0.3) is 11.3 Å². The van der Waals surface area contributed by atoms with Crippen molar-refractivity contribution in [3.63, 3.8) is 0 Å². The third-order valence-corrected chi connectivity index (χ3v) is 5.09. The summed E-state index contributed by atoms with van der Waals surface area (Å²) < 4.78 is 12.7. The average molecular weight is 419 g/mol. The summed E-state index contributed by atoms with van der Waals surface area (Å²) in [5.74, 6) is 0.229. The molecule has 1 atom stereocenters. The minimum Gasteiger partial charge on any atom is -0.489 e. The van der Waals surface area contributed by atoms with E-state index < -0.39 is 0 Å². The standard InChI is InChI=1S/C24H25N3O4/c1-17-9-10-21(22(14-17)31-16-19-8-5-13-30-19)25-23(28)15-27-24(29)12-11-20(26-27)18-6-3-2-4-7-18/h2-4,6-7,9-12,14,19H,5,8,13,15-16H2,1H3,(H,25,28). The quantitative estimate of drug-likeness (QED) is 0.635. The fourth-order valence-corrected chi connectivity index (χ4v) is 3.46. The Kier molecular flexibility index (Phi) is 6.43. The fourth-order valence-electron chi connectivity index (χ4n) is 3.46. The van der Waals surface area contributed by atoms with E-state index in [1.807, 2.05) is 49.4 Å². The Labute approximate surface area is 180 Å². The first-order chi connectivity index (χ1) is 15.1. The lowest BCUT2D eigenvalue weighted by Gasteiger charge is -2.16. The minimum atomic E-state index is -0.356. The highest BCUT2D eigenvalue weighted by molar-refractivity contribution is 5.92. The number of nitrogens with zero attached hydrogens (tertiary/aromatic N) is 2. The van der Waals surface area contributed by atoms with Gasteiger partial charge in [-0.1, -0.05) is 36.4 Å². The Bertz CT molecular complexity index is 1110. The Hall–Kier alpha value is -3.45. The van der Waals surface area contributed by atoms with Gasteiger partial charge < -0.3 is 14.8 Å². The smallest absolute Gasteiger partial charge is 0.267 e. The molecule has 1 N–H and O–H groups in total. The van der Waals surface area contributed by atoms with E-state index >= 15 is 0 Å². The van der Waals surface area contributed by atoms with Crippen molar-refractivity contribution in [3.8, 4) is 17.0 Å². The van der Waals surface area contributed by atoms with Gasteiger partial charge in [-0.3, -0.25) is 9.59 Å². The third kappa shape index (κ3) is 5.38. The number of nitrogens with one attached hydrogen (secondary N) is 1. The van der Waals surface area contributed by atoms with Gasteiger partial charge in [-0.2, -0.15) is 5.10 Å². The first kappa shape index (κ1) is 20.8. The van der Waals surface area contributed by atoms with Crippen LogP contribution in [-0.2, 0) is 16.1 Å². The highest BCUT2D eigenvalue weighted by Crippen LogP contribution is 2.27. The number of aromatic nitrogens is 2. The zero-order chi connectivity index (χ0) is 21.6. The summed E-state index contributed by atoms with van der Waals surface area (Å²) in [7, 11) is 0. The first-order valence-corrected chi connectivity index (χ1v) is 10.4. The van der Waals surface area contributed by atoms with E-state index in [4.69, 9.17) is 9.47 Å². The molecule has 1 saturated heterocycles. The highest BCUT2D eigenvalue weighted by atomic mass is 16.5. The molecule has 1 aliphatic heterocycles. The van der Waals surface area contributed by atoms with Crippen molar-refractivity contribution < 1.29 is 14.3 Å². The van der Waals surface area contributed by atoms with Crippen LogP contribution < -0.4 is 15.6 Å². The number of rotatable bonds is 7. The topological polar surface area (TPSA) is 82.5 Å². The maximum absolute atomic E-state index is 12.7. The molecule has 0 radical (unpaired) electrons. The zero-order valence-electron chi connectivity index (χ0n) is 17.4. The molecule has 7 heteroatoms. The molecule has 1 aliphatic rings. The number of anilines is 1. The normalized spacial score (nSPS) is 15.6. The van der Waals surface area contributed by atoms with Crippen LogP contribution in [-0.4, -0.2) is 35.0 Å². The number of benzene rings is 2. The van der Waals surface area contributed by atoms with Crippen molar-refractivity contribution in [2.75, 3.05) is 18.5 Å². The molecule has 1 amide bonds. The summed E-state index contributed by atoms with van der Waals surface area (Å²) in [5, 5.41) is 7.19.